The van der Waals surface area contributed by atoms with Gasteiger partial charge in [-0.1, -0.05) is 13.3 Å². The van der Waals surface area contributed by atoms with E-state index in [9.17, 15) is 19.2 Å². The molecule has 2 rings (SSSR count). The Kier molecular flexibility index (Phi) is 6.96. The number of hydrogen-bond donors (Lipinski definition) is 0. The number of nitrogens with zero attached hydrogens (tertiary/aromatic N) is 1. The molecule has 10 heteroatoms. The molecule has 2 saturated heterocycles. The molecule has 1 amide bonds. The molecule has 0 bridgehead atoms. The topological polar surface area (TPSA) is 108 Å². The van der Waals surface area contributed by atoms with Crippen molar-refractivity contribution in [1.29, 1.82) is 0 Å². The fourth-order valence-corrected chi connectivity index (χ4v) is 4.59. The van der Waals surface area contributed by atoms with Crippen molar-refractivity contribution in [2.24, 2.45) is 0 Å². The van der Waals surface area contributed by atoms with Crippen molar-refractivity contribution in [2.45, 2.75) is 69.4 Å². The molecule has 0 spiro atoms. The summed E-state index contributed by atoms with van der Waals surface area (Å²) in [6, 6.07) is -0.935. The Morgan fingerprint density at radius 3 is 2.59 bits per heavy atom. The summed E-state index contributed by atoms with van der Waals surface area (Å²) in [5.41, 5.74) is 0. The molecule has 2 aliphatic heterocycles. The maximum atomic E-state index is 12.7. The van der Waals surface area contributed by atoms with Crippen LogP contribution in [0.4, 0.5) is 4.79 Å². The number of carbonyl (C=O) groups excluding carboxylic acids is 4. The number of unbranched alkanes of at least 4 members (excludes halogenated alkanes) is 1. The van der Waals surface area contributed by atoms with Crippen LogP contribution in [-0.4, -0.2) is 64.6 Å². The van der Waals surface area contributed by atoms with E-state index in [0.29, 0.717) is 12.8 Å². The summed E-state index contributed by atoms with van der Waals surface area (Å²) in [6.07, 6.45) is -0.214. The van der Waals surface area contributed by atoms with Crippen molar-refractivity contribution in [2.75, 3.05) is 13.2 Å². The minimum absolute atomic E-state index is 0.0403. The zero-order valence-corrected chi connectivity index (χ0v) is 16.7. The molecule has 27 heavy (non-hydrogen) atoms. The van der Waals surface area contributed by atoms with E-state index in [1.54, 1.807) is 6.92 Å². The van der Waals surface area contributed by atoms with Crippen molar-refractivity contribution in [3.8, 4) is 0 Å². The van der Waals surface area contributed by atoms with Crippen LogP contribution >= 0.6 is 11.8 Å². The van der Waals surface area contributed by atoms with Gasteiger partial charge in [-0.25, -0.2) is 9.59 Å². The molecule has 2 heterocycles. The Morgan fingerprint density at radius 1 is 1.30 bits per heavy atom. The SMILES string of the molecule is CCCCOC(=O)OC(C)OC(=O)C1N2C(=O)CC2SC1(C)COC(C)=O. The van der Waals surface area contributed by atoms with Crippen LogP contribution in [0.3, 0.4) is 0 Å². The van der Waals surface area contributed by atoms with E-state index in [1.807, 2.05) is 6.92 Å². The summed E-state index contributed by atoms with van der Waals surface area (Å²) in [6.45, 7) is 6.54. The first kappa shape index (κ1) is 21.3. The van der Waals surface area contributed by atoms with Crippen LogP contribution in [0.15, 0.2) is 0 Å². The van der Waals surface area contributed by atoms with Crippen molar-refractivity contribution < 1.29 is 38.1 Å². The fraction of sp³-hybridized carbons (Fsp3) is 0.765. The molecule has 0 aromatic carbocycles. The van der Waals surface area contributed by atoms with Crippen molar-refractivity contribution in [3.63, 3.8) is 0 Å². The van der Waals surface area contributed by atoms with Gasteiger partial charge in [-0.2, -0.15) is 0 Å². The van der Waals surface area contributed by atoms with Gasteiger partial charge in [0.15, 0.2) is 0 Å². The molecule has 0 saturated carbocycles. The lowest BCUT2D eigenvalue weighted by atomic mass is 9.97. The van der Waals surface area contributed by atoms with Gasteiger partial charge in [0.1, 0.15) is 12.6 Å². The van der Waals surface area contributed by atoms with Crippen molar-refractivity contribution >= 4 is 35.8 Å². The molecule has 4 unspecified atom stereocenters. The van der Waals surface area contributed by atoms with Crippen LogP contribution in [0.2, 0.25) is 0 Å². The molecule has 4 atom stereocenters. The van der Waals surface area contributed by atoms with Gasteiger partial charge in [-0.15, -0.1) is 11.8 Å². The average Bonchev–Trinajstić information content (AvgIpc) is 2.81. The third-order valence-corrected chi connectivity index (χ3v) is 5.80. The van der Waals surface area contributed by atoms with Crippen LogP contribution in [0, 0.1) is 0 Å². The Bertz CT molecular complexity index is 612. The third kappa shape index (κ3) is 5.06. The number of thioether (sulfide) groups is 1. The zero-order chi connectivity index (χ0) is 20.2. The summed E-state index contributed by atoms with van der Waals surface area (Å²) < 4.78 is 19.2. The summed E-state index contributed by atoms with van der Waals surface area (Å²) in [7, 11) is 0. The molecule has 9 nitrogen and oxygen atoms in total. The molecule has 0 aromatic heterocycles. The fourth-order valence-electron chi connectivity index (χ4n) is 2.92. The monoisotopic (exact) mass is 403 g/mol. The molecule has 0 radical (unpaired) electrons. The standard InChI is InChI=1S/C17H25NO8S/c1-5-6-7-23-16(22)26-11(3)25-15(21)14-17(4,9-24-10(2)19)27-13-8-12(20)18(13)14/h11,13-14H,5-9H2,1-4H3. The number of esters is 2. The maximum absolute atomic E-state index is 12.7. The summed E-state index contributed by atoms with van der Waals surface area (Å²) in [4.78, 5) is 48.8. The van der Waals surface area contributed by atoms with Crippen LogP contribution in [0.5, 0.6) is 0 Å². The summed E-state index contributed by atoms with van der Waals surface area (Å²) in [5.74, 6) is -1.37. The number of carbonyl (C=O) groups is 4. The largest absolute Gasteiger partial charge is 0.511 e. The van der Waals surface area contributed by atoms with Crippen molar-refractivity contribution in [1.82, 2.24) is 4.90 Å². The molecule has 0 N–H and O–H groups in total. The van der Waals surface area contributed by atoms with E-state index in [-0.39, 0.29) is 24.5 Å². The number of rotatable bonds is 8. The first-order valence-electron chi connectivity index (χ1n) is 8.84. The minimum atomic E-state index is -1.18. The van der Waals surface area contributed by atoms with Gasteiger partial charge in [-0.3, -0.25) is 9.59 Å². The second-order valence-electron chi connectivity index (χ2n) is 6.65. The molecule has 0 aliphatic carbocycles. The van der Waals surface area contributed by atoms with E-state index in [4.69, 9.17) is 18.9 Å². The Morgan fingerprint density at radius 2 is 2.00 bits per heavy atom. The van der Waals surface area contributed by atoms with E-state index < -0.39 is 35.2 Å². The highest BCUT2D eigenvalue weighted by atomic mass is 32.2. The normalized spacial score (nSPS) is 27.3. The van der Waals surface area contributed by atoms with Gasteiger partial charge in [0.2, 0.25) is 12.2 Å². The lowest BCUT2D eigenvalue weighted by molar-refractivity contribution is -0.180. The van der Waals surface area contributed by atoms with Crippen LogP contribution in [0.1, 0.15) is 47.0 Å². The first-order chi connectivity index (χ1) is 12.7. The molecule has 0 aromatic rings. The van der Waals surface area contributed by atoms with Crippen LogP contribution < -0.4 is 0 Å². The number of hydrogen-bond acceptors (Lipinski definition) is 9. The first-order valence-corrected chi connectivity index (χ1v) is 9.72. The average molecular weight is 403 g/mol. The highest BCUT2D eigenvalue weighted by molar-refractivity contribution is 8.01. The maximum Gasteiger partial charge on any atom is 0.511 e. The summed E-state index contributed by atoms with van der Waals surface area (Å²) >= 11 is 1.39. The van der Waals surface area contributed by atoms with E-state index in [2.05, 4.69) is 0 Å². The molecule has 2 aliphatic rings. The van der Waals surface area contributed by atoms with Crippen molar-refractivity contribution in [3.05, 3.63) is 0 Å². The zero-order valence-electron chi connectivity index (χ0n) is 15.9. The van der Waals surface area contributed by atoms with E-state index >= 15 is 0 Å². The second kappa shape index (κ2) is 8.81. The lowest BCUT2D eigenvalue weighted by Gasteiger charge is -2.37. The number of β-lactam (4-membered cyclic amide) rings is 1. The van der Waals surface area contributed by atoms with Crippen LogP contribution in [-0.2, 0) is 33.3 Å². The highest BCUT2D eigenvalue weighted by Gasteiger charge is 2.61. The smallest absolute Gasteiger partial charge is 0.464 e. The highest BCUT2D eigenvalue weighted by Crippen LogP contribution is 2.51. The predicted molar refractivity (Wildman–Crippen MR) is 94.6 cm³/mol. The minimum Gasteiger partial charge on any atom is -0.464 e. The van der Waals surface area contributed by atoms with Gasteiger partial charge in [0, 0.05) is 13.8 Å². The molecular formula is C17H25NO8S. The molecular weight excluding hydrogens is 378 g/mol. The number of fused-ring (bicyclic) bond motifs is 1. The molecule has 2 fully saturated rings. The van der Waals surface area contributed by atoms with E-state index in [1.165, 1.54) is 30.5 Å². The van der Waals surface area contributed by atoms with Crippen LogP contribution in [0.25, 0.3) is 0 Å². The Hall–Kier alpha value is -1.97. The van der Waals surface area contributed by atoms with Gasteiger partial charge in [-0.05, 0) is 13.3 Å². The molecule has 152 valence electrons. The van der Waals surface area contributed by atoms with Gasteiger partial charge >= 0.3 is 18.1 Å². The summed E-state index contributed by atoms with van der Waals surface area (Å²) in [5, 5.41) is -0.161. The van der Waals surface area contributed by atoms with E-state index in [0.717, 1.165) is 6.42 Å². The Balaban J connectivity index is 1.97. The lowest BCUT2D eigenvalue weighted by Crippen LogP contribution is -2.59. The number of amides is 1. The number of ether oxygens (including phenoxy) is 4. The Labute approximate surface area is 162 Å². The van der Waals surface area contributed by atoms with Gasteiger partial charge in [0.25, 0.3) is 0 Å². The predicted octanol–water partition coefficient (Wildman–Crippen LogP) is 1.82. The third-order valence-electron chi connectivity index (χ3n) is 4.26. The van der Waals surface area contributed by atoms with Gasteiger partial charge in [0.05, 0.1) is 23.1 Å². The quantitative estimate of drug-likeness (QED) is 0.197. The van der Waals surface area contributed by atoms with Gasteiger partial charge < -0.3 is 23.8 Å². The second-order valence-corrected chi connectivity index (χ2v) is 8.36.